The summed E-state index contributed by atoms with van der Waals surface area (Å²) in [7, 11) is 0. The molecule has 2 aromatic rings. The summed E-state index contributed by atoms with van der Waals surface area (Å²) in [4.78, 5) is 2.57. The Morgan fingerprint density at radius 1 is 1.28 bits per heavy atom. The Labute approximate surface area is 115 Å². The molecule has 0 bridgehead atoms. The minimum absolute atomic E-state index is 0.318. The van der Waals surface area contributed by atoms with Crippen molar-refractivity contribution in [3.8, 4) is 0 Å². The SMILES string of the molecule is CSc1ccc(C2CC(c3cccs3)=NN2)cc1. The number of hydrazone groups is 1. The van der Waals surface area contributed by atoms with E-state index in [-0.39, 0.29) is 0 Å². The maximum atomic E-state index is 4.45. The van der Waals surface area contributed by atoms with Crippen LogP contribution in [0.4, 0.5) is 0 Å². The number of hydrogen-bond donors (Lipinski definition) is 1. The Kier molecular flexibility index (Phi) is 3.39. The third-order valence-electron chi connectivity index (χ3n) is 3.08. The van der Waals surface area contributed by atoms with E-state index in [0.29, 0.717) is 6.04 Å². The fraction of sp³-hybridized carbons (Fsp3) is 0.214. The molecule has 3 rings (SSSR count). The molecular weight excluding hydrogens is 260 g/mol. The van der Waals surface area contributed by atoms with E-state index in [9.17, 15) is 0 Å². The Hall–Kier alpha value is -1.26. The van der Waals surface area contributed by atoms with Crippen molar-refractivity contribution < 1.29 is 0 Å². The average Bonchev–Trinajstić information content (AvgIpc) is 3.09. The smallest absolute Gasteiger partial charge is 0.0799 e. The van der Waals surface area contributed by atoms with Crippen LogP contribution in [0, 0.1) is 0 Å². The van der Waals surface area contributed by atoms with Gasteiger partial charge in [0.1, 0.15) is 0 Å². The lowest BCUT2D eigenvalue weighted by Crippen LogP contribution is -2.09. The normalized spacial score (nSPS) is 18.5. The Bertz CT molecular complexity index is 544. The minimum Gasteiger partial charge on any atom is -0.302 e. The van der Waals surface area contributed by atoms with Crippen LogP contribution in [0.5, 0.6) is 0 Å². The summed E-state index contributed by atoms with van der Waals surface area (Å²) < 4.78 is 0. The molecule has 4 heteroatoms. The lowest BCUT2D eigenvalue weighted by atomic mass is 10.0. The Balaban J connectivity index is 1.73. The first-order chi connectivity index (χ1) is 8.86. The van der Waals surface area contributed by atoms with Crippen molar-refractivity contribution in [1.29, 1.82) is 0 Å². The molecule has 1 N–H and O–H groups in total. The molecule has 0 fully saturated rings. The van der Waals surface area contributed by atoms with Gasteiger partial charge in [0, 0.05) is 11.3 Å². The summed E-state index contributed by atoms with van der Waals surface area (Å²) in [5.74, 6) is 0. The second kappa shape index (κ2) is 5.16. The molecule has 0 saturated carbocycles. The van der Waals surface area contributed by atoms with Crippen LogP contribution < -0.4 is 5.43 Å². The Morgan fingerprint density at radius 2 is 2.11 bits per heavy atom. The van der Waals surface area contributed by atoms with E-state index in [4.69, 9.17) is 0 Å². The van der Waals surface area contributed by atoms with Crippen LogP contribution in [0.3, 0.4) is 0 Å². The number of thioether (sulfide) groups is 1. The van der Waals surface area contributed by atoms with Gasteiger partial charge in [-0.1, -0.05) is 18.2 Å². The lowest BCUT2D eigenvalue weighted by molar-refractivity contribution is 0.619. The molecule has 0 spiro atoms. The van der Waals surface area contributed by atoms with Crippen molar-refractivity contribution in [1.82, 2.24) is 5.43 Å². The summed E-state index contributed by atoms with van der Waals surface area (Å²) in [6.07, 6.45) is 3.07. The maximum Gasteiger partial charge on any atom is 0.0799 e. The van der Waals surface area contributed by atoms with Gasteiger partial charge in [0.2, 0.25) is 0 Å². The molecule has 2 nitrogen and oxygen atoms in total. The average molecular weight is 274 g/mol. The van der Waals surface area contributed by atoms with Crippen LogP contribution in [-0.4, -0.2) is 12.0 Å². The van der Waals surface area contributed by atoms with Gasteiger partial charge in [-0.05, 0) is 35.4 Å². The second-order valence-electron chi connectivity index (χ2n) is 4.19. The molecule has 1 aromatic heterocycles. The van der Waals surface area contributed by atoms with Gasteiger partial charge in [-0.25, -0.2) is 0 Å². The number of hydrogen-bond acceptors (Lipinski definition) is 4. The van der Waals surface area contributed by atoms with Crippen LogP contribution in [0.25, 0.3) is 0 Å². The van der Waals surface area contributed by atoms with Gasteiger partial charge >= 0.3 is 0 Å². The molecule has 2 heterocycles. The van der Waals surface area contributed by atoms with Crippen molar-refractivity contribution >= 4 is 28.8 Å². The standard InChI is InChI=1S/C14H14N2S2/c1-17-11-6-4-10(5-7-11)12-9-13(16-15-12)14-3-2-8-18-14/h2-8,12,15H,9H2,1H3. The molecule has 92 valence electrons. The van der Waals surface area contributed by atoms with E-state index in [1.165, 1.54) is 21.0 Å². The summed E-state index contributed by atoms with van der Waals surface area (Å²) in [6.45, 7) is 0. The van der Waals surface area contributed by atoms with Crippen LogP contribution in [0.1, 0.15) is 22.9 Å². The van der Waals surface area contributed by atoms with E-state index in [1.807, 2.05) is 0 Å². The number of nitrogens with one attached hydrogen (secondary N) is 1. The highest BCUT2D eigenvalue weighted by Crippen LogP contribution is 2.27. The van der Waals surface area contributed by atoms with Gasteiger partial charge in [-0.15, -0.1) is 23.1 Å². The molecular formula is C14H14N2S2. The summed E-state index contributed by atoms with van der Waals surface area (Å²) >= 11 is 3.52. The molecule has 1 atom stereocenters. The van der Waals surface area contributed by atoms with E-state index in [1.54, 1.807) is 23.1 Å². The zero-order valence-corrected chi connectivity index (χ0v) is 11.7. The molecule has 1 unspecified atom stereocenters. The highest BCUT2D eigenvalue weighted by molar-refractivity contribution is 7.98. The van der Waals surface area contributed by atoms with Crippen LogP contribution in [-0.2, 0) is 0 Å². The van der Waals surface area contributed by atoms with E-state index >= 15 is 0 Å². The predicted molar refractivity (Wildman–Crippen MR) is 79.6 cm³/mol. The first kappa shape index (κ1) is 11.8. The Morgan fingerprint density at radius 3 is 2.78 bits per heavy atom. The van der Waals surface area contributed by atoms with Crippen molar-refractivity contribution in [2.45, 2.75) is 17.4 Å². The highest BCUT2D eigenvalue weighted by Gasteiger charge is 2.21. The van der Waals surface area contributed by atoms with Gasteiger partial charge < -0.3 is 5.43 Å². The molecule has 18 heavy (non-hydrogen) atoms. The maximum absolute atomic E-state index is 4.45. The van der Waals surface area contributed by atoms with Gasteiger partial charge in [0.25, 0.3) is 0 Å². The monoisotopic (exact) mass is 274 g/mol. The van der Waals surface area contributed by atoms with Crippen LogP contribution >= 0.6 is 23.1 Å². The number of benzene rings is 1. The van der Waals surface area contributed by atoms with Gasteiger partial charge in [-0.2, -0.15) is 5.10 Å². The zero-order valence-electron chi connectivity index (χ0n) is 10.1. The quantitative estimate of drug-likeness (QED) is 0.858. The molecule has 0 radical (unpaired) electrons. The van der Waals surface area contributed by atoms with Crippen LogP contribution in [0.2, 0.25) is 0 Å². The zero-order chi connectivity index (χ0) is 12.4. The van der Waals surface area contributed by atoms with Crippen molar-refractivity contribution in [3.05, 3.63) is 52.2 Å². The van der Waals surface area contributed by atoms with E-state index in [0.717, 1.165) is 6.42 Å². The van der Waals surface area contributed by atoms with Gasteiger partial charge in [0.15, 0.2) is 0 Å². The van der Waals surface area contributed by atoms with Gasteiger partial charge in [-0.3, -0.25) is 0 Å². The van der Waals surface area contributed by atoms with Crippen molar-refractivity contribution in [2.24, 2.45) is 5.10 Å². The highest BCUT2D eigenvalue weighted by atomic mass is 32.2. The first-order valence-corrected chi connectivity index (χ1v) is 7.97. The van der Waals surface area contributed by atoms with Crippen molar-refractivity contribution in [3.63, 3.8) is 0 Å². The molecule has 1 aliphatic heterocycles. The van der Waals surface area contributed by atoms with Gasteiger partial charge in [0.05, 0.1) is 16.6 Å². The molecule has 1 aromatic carbocycles. The predicted octanol–water partition coefficient (Wildman–Crippen LogP) is 3.91. The van der Waals surface area contributed by atoms with Crippen LogP contribution in [0.15, 0.2) is 51.8 Å². The molecule has 0 aliphatic carbocycles. The summed E-state index contributed by atoms with van der Waals surface area (Å²) in [5, 5.41) is 6.55. The third kappa shape index (κ3) is 2.31. The topological polar surface area (TPSA) is 24.4 Å². The number of rotatable bonds is 3. The molecule has 0 saturated heterocycles. The van der Waals surface area contributed by atoms with E-state index in [2.05, 4.69) is 58.6 Å². The fourth-order valence-electron chi connectivity index (χ4n) is 2.07. The number of nitrogens with zero attached hydrogens (tertiary/aromatic N) is 1. The first-order valence-electron chi connectivity index (χ1n) is 5.87. The lowest BCUT2D eigenvalue weighted by Gasteiger charge is -2.10. The largest absolute Gasteiger partial charge is 0.302 e. The summed E-state index contributed by atoms with van der Waals surface area (Å²) in [5.41, 5.74) is 5.72. The fourth-order valence-corrected chi connectivity index (χ4v) is 3.20. The van der Waals surface area contributed by atoms with Crippen molar-refractivity contribution in [2.75, 3.05) is 6.26 Å². The van der Waals surface area contributed by atoms with E-state index < -0.39 is 0 Å². The summed E-state index contributed by atoms with van der Waals surface area (Å²) in [6, 6.07) is 13.2. The minimum atomic E-state index is 0.318. The number of thiophene rings is 1. The third-order valence-corrected chi connectivity index (χ3v) is 4.74. The second-order valence-corrected chi connectivity index (χ2v) is 6.02. The molecule has 0 amide bonds. The molecule has 1 aliphatic rings.